The van der Waals surface area contributed by atoms with E-state index in [0.29, 0.717) is 18.2 Å². The van der Waals surface area contributed by atoms with Crippen LogP contribution in [0.5, 0.6) is 0 Å². The summed E-state index contributed by atoms with van der Waals surface area (Å²) in [6, 6.07) is 18.7. The Hall–Kier alpha value is -4.97. The molecule has 2 N–H and O–H groups in total. The number of hydrogen-bond acceptors (Lipinski definition) is 8. The molecule has 2 aliphatic rings. The highest BCUT2D eigenvalue weighted by atomic mass is 16.2. The maximum atomic E-state index is 13.0. The van der Waals surface area contributed by atoms with Crippen LogP contribution in [0.15, 0.2) is 60.8 Å². The summed E-state index contributed by atoms with van der Waals surface area (Å²) in [5.41, 5.74) is 5.62. The standard InChI is InChI=1S/C37H47N9O3/c1-38-34(48)17-19-45(26-47)31-14-12-30(13-15-31)44-22-20-43(21-23-44)18-16-27-8-10-29(11-9-27)40-37-39-25-28-24-33(36(49)42(2)3)46(35(28)41-37)32-6-4-5-7-32/h8-15,24-26,32H,4-7,16-23H2,1-3H3,(H,38,48)(H,39,40,41). The van der Waals surface area contributed by atoms with Gasteiger partial charge in [-0.1, -0.05) is 25.0 Å². The fourth-order valence-corrected chi connectivity index (χ4v) is 6.84. The molecule has 1 saturated heterocycles. The first-order valence-electron chi connectivity index (χ1n) is 17.3. The minimum atomic E-state index is -0.0877. The van der Waals surface area contributed by atoms with Gasteiger partial charge in [0.15, 0.2) is 0 Å². The first kappa shape index (κ1) is 33.9. The minimum absolute atomic E-state index is 0.0113. The summed E-state index contributed by atoms with van der Waals surface area (Å²) in [5, 5.41) is 6.84. The molecule has 1 saturated carbocycles. The number of piperazine rings is 1. The molecule has 6 rings (SSSR count). The molecule has 1 aliphatic carbocycles. The molecule has 12 nitrogen and oxygen atoms in total. The lowest BCUT2D eigenvalue weighted by Crippen LogP contribution is -2.47. The highest BCUT2D eigenvalue weighted by molar-refractivity contribution is 5.98. The third kappa shape index (κ3) is 8.02. The molecule has 2 aromatic carbocycles. The van der Waals surface area contributed by atoms with Crippen molar-refractivity contribution in [1.29, 1.82) is 0 Å². The lowest BCUT2D eigenvalue weighted by atomic mass is 10.1. The number of carbonyl (C=O) groups excluding carboxylic acids is 3. The van der Waals surface area contributed by atoms with Gasteiger partial charge in [0.05, 0.1) is 0 Å². The van der Waals surface area contributed by atoms with E-state index in [1.807, 2.05) is 24.4 Å². The Morgan fingerprint density at radius 1 is 0.980 bits per heavy atom. The zero-order valence-corrected chi connectivity index (χ0v) is 28.8. The topological polar surface area (TPSA) is 119 Å². The van der Waals surface area contributed by atoms with Gasteiger partial charge in [-0.05, 0) is 67.3 Å². The molecule has 2 fully saturated rings. The zero-order chi connectivity index (χ0) is 34.3. The molecule has 258 valence electrons. The number of anilines is 4. The van der Waals surface area contributed by atoms with Gasteiger partial charge in [0.25, 0.3) is 5.91 Å². The van der Waals surface area contributed by atoms with Gasteiger partial charge in [-0.15, -0.1) is 0 Å². The van der Waals surface area contributed by atoms with E-state index in [1.54, 1.807) is 30.9 Å². The van der Waals surface area contributed by atoms with Crippen molar-refractivity contribution in [3.63, 3.8) is 0 Å². The molecule has 12 heteroatoms. The number of carbonyl (C=O) groups is 3. The van der Waals surface area contributed by atoms with Crippen molar-refractivity contribution in [2.24, 2.45) is 0 Å². The number of hydrogen-bond donors (Lipinski definition) is 2. The average Bonchev–Trinajstić information content (AvgIpc) is 3.80. The second-order valence-corrected chi connectivity index (χ2v) is 13.1. The first-order chi connectivity index (χ1) is 23.8. The van der Waals surface area contributed by atoms with Crippen LogP contribution in [0, 0.1) is 0 Å². The van der Waals surface area contributed by atoms with Gasteiger partial charge in [0.2, 0.25) is 18.3 Å². The second kappa shape index (κ2) is 15.5. The van der Waals surface area contributed by atoms with E-state index >= 15 is 0 Å². The molecule has 49 heavy (non-hydrogen) atoms. The van der Waals surface area contributed by atoms with E-state index in [-0.39, 0.29) is 24.3 Å². The van der Waals surface area contributed by atoms with Crippen LogP contribution in [0.25, 0.3) is 11.0 Å². The minimum Gasteiger partial charge on any atom is -0.369 e. The summed E-state index contributed by atoms with van der Waals surface area (Å²) in [6.45, 7) is 5.19. The molecule has 0 bridgehead atoms. The smallest absolute Gasteiger partial charge is 0.270 e. The highest BCUT2D eigenvalue weighted by Gasteiger charge is 2.26. The van der Waals surface area contributed by atoms with Crippen LogP contribution < -0.4 is 20.4 Å². The number of fused-ring (bicyclic) bond motifs is 1. The molecule has 0 radical (unpaired) electrons. The monoisotopic (exact) mass is 665 g/mol. The van der Waals surface area contributed by atoms with Crippen molar-refractivity contribution in [2.75, 3.05) is 75.5 Å². The third-order valence-electron chi connectivity index (χ3n) is 9.72. The summed E-state index contributed by atoms with van der Waals surface area (Å²) in [6.07, 6.45) is 8.27. The van der Waals surface area contributed by atoms with Crippen LogP contribution in [0.3, 0.4) is 0 Å². The normalized spacial score (nSPS) is 15.4. The van der Waals surface area contributed by atoms with Crippen LogP contribution in [-0.2, 0) is 16.0 Å². The van der Waals surface area contributed by atoms with Crippen molar-refractivity contribution >= 4 is 52.3 Å². The molecule has 3 heterocycles. The second-order valence-electron chi connectivity index (χ2n) is 13.1. The van der Waals surface area contributed by atoms with Crippen molar-refractivity contribution in [3.8, 4) is 0 Å². The van der Waals surface area contributed by atoms with Gasteiger partial charge in [-0.25, -0.2) is 4.98 Å². The molecule has 3 amide bonds. The van der Waals surface area contributed by atoms with Crippen molar-refractivity contribution in [2.45, 2.75) is 44.6 Å². The Kier molecular flexibility index (Phi) is 10.7. The fraction of sp³-hybridized carbons (Fsp3) is 0.432. The van der Waals surface area contributed by atoms with Gasteiger partial charge in [-0.3, -0.25) is 19.3 Å². The van der Waals surface area contributed by atoms with E-state index in [1.165, 1.54) is 18.4 Å². The number of amides is 3. The largest absolute Gasteiger partial charge is 0.369 e. The summed E-state index contributed by atoms with van der Waals surface area (Å²) >= 11 is 0. The number of rotatable bonds is 13. The van der Waals surface area contributed by atoms with E-state index in [0.717, 1.165) is 86.5 Å². The van der Waals surface area contributed by atoms with Crippen LogP contribution >= 0.6 is 0 Å². The lowest BCUT2D eigenvalue weighted by Gasteiger charge is -2.36. The molecular formula is C37H47N9O3. The van der Waals surface area contributed by atoms with Crippen LogP contribution in [0.2, 0.25) is 0 Å². The van der Waals surface area contributed by atoms with Crippen molar-refractivity contribution in [3.05, 3.63) is 72.1 Å². The molecule has 0 unspecified atom stereocenters. The van der Waals surface area contributed by atoms with E-state index in [2.05, 4.69) is 66.4 Å². The summed E-state index contributed by atoms with van der Waals surface area (Å²) < 4.78 is 2.14. The number of benzene rings is 2. The molecular weight excluding hydrogens is 618 g/mol. The van der Waals surface area contributed by atoms with E-state index in [9.17, 15) is 14.4 Å². The number of nitrogens with one attached hydrogen (secondary N) is 2. The highest BCUT2D eigenvalue weighted by Crippen LogP contribution is 2.35. The molecule has 1 aliphatic heterocycles. The van der Waals surface area contributed by atoms with Crippen LogP contribution in [0.4, 0.5) is 23.0 Å². The Labute approximate surface area is 288 Å². The molecule has 0 spiro atoms. The maximum absolute atomic E-state index is 13.0. The quantitative estimate of drug-likeness (QED) is 0.201. The van der Waals surface area contributed by atoms with Gasteiger partial charge in [0.1, 0.15) is 11.3 Å². The predicted octanol–water partition coefficient (Wildman–Crippen LogP) is 4.46. The summed E-state index contributed by atoms with van der Waals surface area (Å²) in [7, 11) is 5.17. The van der Waals surface area contributed by atoms with Crippen molar-refractivity contribution < 1.29 is 14.4 Å². The predicted molar refractivity (Wildman–Crippen MR) is 194 cm³/mol. The summed E-state index contributed by atoms with van der Waals surface area (Å²) in [5.74, 6) is 0.425. The van der Waals surface area contributed by atoms with Crippen molar-refractivity contribution in [1.82, 2.24) is 29.7 Å². The lowest BCUT2D eigenvalue weighted by molar-refractivity contribution is -0.120. The SMILES string of the molecule is CNC(=O)CCN(C=O)c1ccc(N2CCN(CCc3ccc(Nc4ncc5cc(C(=O)N(C)C)n(C6CCCC6)c5n4)cc3)CC2)cc1. The zero-order valence-electron chi connectivity index (χ0n) is 28.8. The van der Waals surface area contributed by atoms with Gasteiger partial charge in [-0.2, -0.15) is 4.98 Å². The molecule has 0 atom stereocenters. The Bertz CT molecular complexity index is 1740. The maximum Gasteiger partial charge on any atom is 0.270 e. The van der Waals surface area contributed by atoms with Gasteiger partial charge >= 0.3 is 0 Å². The van der Waals surface area contributed by atoms with Crippen LogP contribution in [0.1, 0.15) is 54.2 Å². The molecule has 2 aromatic heterocycles. The van der Waals surface area contributed by atoms with E-state index < -0.39 is 0 Å². The average molecular weight is 666 g/mol. The fourth-order valence-electron chi connectivity index (χ4n) is 6.84. The Balaban J connectivity index is 1.00. The third-order valence-corrected chi connectivity index (χ3v) is 9.72. The van der Waals surface area contributed by atoms with E-state index in [4.69, 9.17) is 4.98 Å². The van der Waals surface area contributed by atoms with Crippen LogP contribution in [-0.4, -0.2) is 103 Å². The number of aromatic nitrogens is 3. The Morgan fingerprint density at radius 2 is 1.69 bits per heavy atom. The Morgan fingerprint density at radius 3 is 2.35 bits per heavy atom. The number of nitrogens with zero attached hydrogens (tertiary/aromatic N) is 7. The molecule has 4 aromatic rings. The summed E-state index contributed by atoms with van der Waals surface area (Å²) in [4.78, 5) is 53.7. The first-order valence-corrected chi connectivity index (χ1v) is 17.3. The van der Waals surface area contributed by atoms with Gasteiger partial charge in [0, 0.05) is 102 Å². The van der Waals surface area contributed by atoms with Gasteiger partial charge < -0.3 is 29.9 Å².